The minimum Gasteiger partial charge on any atom is -0.465 e. The van der Waals surface area contributed by atoms with Gasteiger partial charge in [-0.2, -0.15) is 0 Å². The fourth-order valence-electron chi connectivity index (χ4n) is 1.96. The Hall–Kier alpha value is -2.49. The second-order valence-electron chi connectivity index (χ2n) is 4.59. The summed E-state index contributed by atoms with van der Waals surface area (Å²) in [6.45, 7) is 3.95. The highest BCUT2D eigenvalue weighted by molar-refractivity contribution is 5.94. The van der Waals surface area contributed by atoms with Crippen molar-refractivity contribution in [2.24, 2.45) is 0 Å². The summed E-state index contributed by atoms with van der Waals surface area (Å²) in [5.74, 6) is 0.516. The van der Waals surface area contributed by atoms with Crippen LogP contribution in [0.1, 0.15) is 21.5 Å². The Balaban J connectivity index is 2.45. The number of nitrogens with two attached hydrogens (primary N) is 1. The van der Waals surface area contributed by atoms with Crippen molar-refractivity contribution in [1.82, 2.24) is 0 Å². The molecule has 4 nitrogen and oxygen atoms in total. The molecular weight excluding hydrogens is 254 g/mol. The van der Waals surface area contributed by atoms with Gasteiger partial charge in [0.05, 0.1) is 12.8 Å². The van der Waals surface area contributed by atoms with E-state index in [2.05, 4.69) is 0 Å². The molecule has 0 radical (unpaired) electrons. The fourth-order valence-corrected chi connectivity index (χ4v) is 1.96. The van der Waals surface area contributed by atoms with E-state index in [9.17, 15) is 4.79 Å². The third-order valence-electron chi connectivity index (χ3n) is 2.99. The van der Waals surface area contributed by atoms with Crippen molar-refractivity contribution in [2.45, 2.75) is 13.8 Å². The van der Waals surface area contributed by atoms with Gasteiger partial charge in [0.15, 0.2) is 5.75 Å². The molecule has 0 aliphatic heterocycles. The van der Waals surface area contributed by atoms with Gasteiger partial charge in [-0.15, -0.1) is 0 Å². The minimum absolute atomic E-state index is 0.312. The number of anilines is 1. The highest BCUT2D eigenvalue weighted by atomic mass is 16.5. The summed E-state index contributed by atoms with van der Waals surface area (Å²) >= 11 is 0. The number of para-hydroxylation sites is 1. The average Bonchev–Trinajstić information content (AvgIpc) is 2.42. The summed E-state index contributed by atoms with van der Waals surface area (Å²) in [6, 6.07) is 10.8. The van der Waals surface area contributed by atoms with E-state index in [1.807, 2.05) is 32.0 Å². The molecule has 2 N–H and O–H groups in total. The molecule has 0 saturated carbocycles. The second-order valence-corrected chi connectivity index (χ2v) is 4.59. The number of esters is 1. The van der Waals surface area contributed by atoms with Gasteiger partial charge in [0, 0.05) is 0 Å². The third-order valence-corrected chi connectivity index (χ3v) is 2.99. The third kappa shape index (κ3) is 2.74. The molecule has 0 fully saturated rings. The molecule has 104 valence electrons. The Kier molecular flexibility index (Phi) is 3.94. The molecule has 0 aliphatic carbocycles. The number of carbonyl (C=O) groups excluding carboxylic acids is 1. The molecule has 2 aromatic carbocycles. The molecule has 0 bridgehead atoms. The summed E-state index contributed by atoms with van der Waals surface area (Å²) in [6.07, 6.45) is 0. The van der Waals surface area contributed by atoms with Crippen molar-refractivity contribution in [3.63, 3.8) is 0 Å². The van der Waals surface area contributed by atoms with Crippen LogP contribution in [0.25, 0.3) is 0 Å². The zero-order chi connectivity index (χ0) is 14.7. The van der Waals surface area contributed by atoms with Crippen molar-refractivity contribution in [3.8, 4) is 11.5 Å². The quantitative estimate of drug-likeness (QED) is 0.686. The van der Waals surface area contributed by atoms with Crippen LogP contribution < -0.4 is 10.5 Å². The second kappa shape index (κ2) is 5.65. The van der Waals surface area contributed by atoms with E-state index in [0.717, 1.165) is 11.1 Å². The van der Waals surface area contributed by atoms with Gasteiger partial charge in [-0.25, -0.2) is 4.79 Å². The number of hydrogen-bond acceptors (Lipinski definition) is 4. The van der Waals surface area contributed by atoms with Gasteiger partial charge in [-0.1, -0.05) is 23.8 Å². The fraction of sp³-hybridized carbons (Fsp3) is 0.188. The first-order valence-corrected chi connectivity index (χ1v) is 6.25. The van der Waals surface area contributed by atoms with E-state index in [1.165, 1.54) is 7.11 Å². The normalized spacial score (nSPS) is 10.2. The number of methoxy groups -OCH3 is 1. The molecule has 0 aliphatic rings. The van der Waals surface area contributed by atoms with E-state index in [4.69, 9.17) is 15.2 Å². The summed E-state index contributed by atoms with van der Waals surface area (Å²) in [7, 11) is 1.33. The van der Waals surface area contributed by atoms with E-state index in [-0.39, 0.29) is 0 Å². The Morgan fingerprint density at radius 3 is 2.55 bits per heavy atom. The summed E-state index contributed by atoms with van der Waals surface area (Å²) in [4.78, 5) is 11.8. The molecule has 0 saturated heterocycles. The first kappa shape index (κ1) is 13.9. The molecule has 0 spiro atoms. The smallest absolute Gasteiger partial charge is 0.341 e. The van der Waals surface area contributed by atoms with Crippen LogP contribution in [0, 0.1) is 13.8 Å². The maximum atomic E-state index is 11.8. The molecule has 2 rings (SSSR count). The van der Waals surface area contributed by atoms with Gasteiger partial charge in [-0.3, -0.25) is 0 Å². The van der Waals surface area contributed by atoms with Crippen LogP contribution in [0.15, 0.2) is 36.4 Å². The zero-order valence-corrected chi connectivity index (χ0v) is 11.8. The number of nitrogen functional groups attached to an aromatic ring is 1. The van der Waals surface area contributed by atoms with Gasteiger partial charge in [-0.05, 0) is 37.6 Å². The van der Waals surface area contributed by atoms with Crippen molar-refractivity contribution in [3.05, 3.63) is 53.1 Å². The molecule has 0 heterocycles. The average molecular weight is 271 g/mol. The van der Waals surface area contributed by atoms with Crippen LogP contribution in [0.3, 0.4) is 0 Å². The number of ether oxygens (including phenoxy) is 2. The molecule has 0 unspecified atom stereocenters. The molecule has 0 aromatic heterocycles. The highest BCUT2D eigenvalue weighted by Gasteiger charge is 2.17. The SMILES string of the molecule is COC(=O)c1cccc(N)c1Oc1ccc(C)cc1C. The topological polar surface area (TPSA) is 61.5 Å². The Morgan fingerprint density at radius 2 is 1.90 bits per heavy atom. The standard InChI is InChI=1S/C16H17NO3/c1-10-7-8-14(11(2)9-10)20-15-12(16(18)19-3)5-4-6-13(15)17/h4-9H,17H2,1-3H3. The van der Waals surface area contributed by atoms with Crippen molar-refractivity contribution >= 4 is 11.7 Å². The summed E-state index contributed by atoms with van der Waals surface area (Å²) in [5.41, 5.74) is 8.74. The minimum atomic E-state index is -0.475. The number of aryl methyl sites for hydroxylation is 2. The van der Waals surface area contributed by atoms with E-state index in [0.29, 0.717) is 22.7 Å². The van der Waals surface area contributed by atoms with Crippen LogP contribution >= 0.6 is 0 Å². The Bertz CT molecular complexity index is 650. The van der Waals surface area contributed by atoms with Crippen molar-refractivity contribution in [1.29, 1.82) is 0 Å². The lowest BCUT2D eigenvalue weighted by molar-refractivity contribution is 0.0598. The lowest BCUT2D eigenvalue weighted by atomic mass is 10.1. The summed E-state index contributed by atoms with van der Waals surface area (Å²) < 4.78 is 10.6. The van der Waals surface area contributed by atoms with Crippen molar-refractivity contribution < 1.29 is 14.3 Å². The highest BCUT2D eigenvalue weighted by Crippen LogP contribution is 2.33. The monoisotopic (exact) mass is 271 g/mol. The molecular formula is C16H17NO3. The number of rotatable bonds is 3. The summed E-state index contributed by atoms with van der Waals surface area (Å²) in [5, 5.41) is 0. The van der Waals surface area contributed by atoms with Gasteiger partial charge in [0.1, 0.15) is 11.3 Å². The number of hydrogen-bond donors (Lipinski definition) is 1. The van der Waals surface area contributed by atoms with Gasteiger partial charge < -0.3 is 15.2 Å². The van der Waals surface area contributed by atoms with E-state index >= 15 is 0 Å². The number of carbonyl (C=O) groups is 1. The predicted octanol–water partition coefficient (Wildman–Crippen LogP) is 3.46. The Labute approximate surface area is 118 Å². The largest absolute Gasteiger partial charge is 0.465 e. The molecule has 0 amide bonds. The zero-order valence-electron chi connectivity index (χ0n) is 11.8. The first-order chi connectivity index (χ1) is 9.52. The van der Waals surface area contributed by atoms with Crippen LogP contribution in [-0.4, -0.2) is 13.1 Å². The van der Waals surface area contributed by atoms with Crippen LogP contribution in [0.2, 0.25) is 0 Å². The predicted molar refractivity (Wildman–Crippen MR) is 78.2 cm³/mol. The molecule has 20 heavy (non-hydrogen) atoms. The molecule has 2 aromatic rings. The Morgan fingerprint density at radius 1 is 1.15 bits per heavy atom. The van der Waals surface area contributed by atoms with Crippen LogP contribution in [-0.2, 0) is 4.74 Å². The van der Waals surface area contributed by atoms with Crippen LogP contribution in [0.5, 0.6) is 11.5 Å². The maximum absolute atomic E-state index is 11.8. The lowest BCUT2D eigenvalue weighted by Gasteiger charge is -2.14. The van der Waals surface area contributed by atoms with Gasteiger partial charge >= 0.3 is 5.97 Å². The lowest BCUT2D eigenvalue weighted by Crippen LogP contribution is -2.06. The van der Waals surface area contributed by atoms with Crippen molar-refractivity contribution in [2.75, 3.05) is 12.8 Å². The molecule has 0 atom stereocenters. The van der Waals surface area contributed by atoms with E-state index < -0.39 is 5.97 Å². The maximum Gasteiger partial charge on any atom is 0.341 e. The first-order valence-electron chi connectivity index (χ1n) is 6.25. The van der Waals surface area contributed by atoms with Gasteiger partial charge in [0.25, 0.3) is 0 Å². The van der Waals surface area contributed by atoms with Crippen LogP contribution in [0.4, 0.5) is 5.69 Å². The molecule has 4 heteroatoms. The number of benzene rings is 2. The van der Waals surface area contributed by atoms with E-state index in [1.54, 1.807) is 18.2 Å². The van der Waals surface area contributed by atoms with Gasteiger partial charge in [0.2, 0.25) is 0 Å².